The zero-order chi connectivity index (χ0) is 18.6. The lowest BCUT2D eigenvalue weighted by molar-refractivity contribution is 0.102. The van der Waals surface area contributed by atoms with Crippen molar-refractivity contribution in [3.63, 3.8) is 0 Å². The summed E-state index contributed by atoms with van der Waals surface area (Å²) in [5.74, 6) is -0.222. The third-order valence-corrected chi connectivity index (χ3v) is 8.38. The summed E-state index contributed by atoms with van der Waals surface area (Å²) < 4.78 is 26.5. The lowest BCUT2D eigenvalue weighted by Crippen LogP contribution is -2.37. The molecule has 27 heavy (non-hydrogen) atoms. The average molecular weight is 403 g/mol. The summed E-state index contributed by atoms with van der Waals surface area (Å²) in [6.07, 6.45) is 3.95. The minimum absolute atomic E-state index is 0.200. The van der Waals surface area contributed by atoms with Gasteiger partial charge in [-0.05, 0) is 36.4 Å². The number of anilines is 1. The van der Waals surface area contributed by atoms with E-state index < -0.39 is 10.0 Å². The fourth-order valence-electron chi connectivity index (χ4n) is 3.38. The Morgan fingerprint density at radius 1 is 1.30 bits per heavy atom. The molecule has 0 unspecified atom stereocenters. The molecule has 7 nitrogen and oxygen atoms in total. The van der Waals surface area contributed by atoms with Crippen LogP contribution in [0.25, 0.3) is 10.9 Å². The van der Waals surface area contributed by atoms with Crippen molar-refractivity contribution in [2.24, 2.45) is 0 Å². The molecule has 0 radical (unpaired) electrons. The second-order valence-electron chi connectivity index (χ2n) is 6.95. The highest BCUT2D eigenvalue weighted by molar-refractivity contribution is 7.90. The molecular formula is C18H18N4O3S2. The van der Waals surface area contributed by atoms with Gasteiger partial charge in [-0.2, -0.15) is 4.31 Å². The number of nitrogens with one attached hydrogen (secondary N) is 2. The van der Waals surface area contributed by atoms with Gasteiger partial charge >= 0.3 is 0 Å². The third-order valence-electron chi connectivity index (χ3n) is 5.04. The SMILES string of the molecule is O=C(Nc1nc2c(s1)CN(S(=O)(=O)C1CC1)CC2)c1ccc2cc[nH]c2c1. The lowest BCUT2D eigenvalue weighted by atomic mass is 10.1. The monoisotopic (exact) mass is 402 g/mol. The molecule has 2 aliphatic rings. The molecule has 2 aromatic heterocycles. The van der Waals surface area contributed by atoms with Gasteiger partial charge in [0.2, 0.25) is 10.0 Å². The number of hydrogen-bond acceptors (Lipinski definition) is 5. The molecule has 1 amide bonds. The van der Waals surface area contributed by atoms with E-state index in [0.717, 1.165) is 34.3 Å². The molecule has 140 valence electrons. The molecule has 1 fully saturated rings. The van der Waals surface area contributed by atoms with Gasteiger partial charge in [0.1, 0.15) is 0 Å². The van der Waals surface area contributed by atoms with E-state index in [4.69, 9.17) is 0 Å². The van der Waals surface area contributed by atoms with Crippen LogP contribution >= 0.6 is 11.3 Å². The molecule has 3 aromatic rings. The van der Waals surface area contributed by atoms with E-state index in [0.29, 0.717) is 30.2 Å². The van der Waals surface area contributed by atoms with Crippen molar-refractivity contribution in [2.45, 2.75) is 31.1 Å². The standard InChI is InChI=1S/C18H18N4O3S2/c23-17(12-2-1-11-5-7-19-15(11)9-12)21-18-20-14-6-8-22(10-16(14)26-18)27(24,25)13-3-4-13/h1-2,5,7,9,13,19H,3-4,6,8,10H2,(H,20,21,23). The number of fused-ring (bicyclic) bond motifs is 2. The Morgan fingerprint density at radius 3 is 2.96 bits per heavy atom. The van der Waals surface area contributed by atoms with E-state index in [9.17, 15) is 13.2 Å². The highest BCUT2D eigenvalue weighted by Crippen LogP contribution is 2.35. The van der Waals surface area contributed by atoms with Crippen LogP contribution in [0.4, 0.5) is 5.13 Å². The highest BCUT2D eigenvalue weighted by Gasteiger charge is 2.41. The van der Waals surface area contributed by atoms with Crippen LogP contribution in [-0.2, 0) is 23.0 Å². The van der Waals surface area contributed by atoms with Crippen LogP contribution in [0.3, 0.4) is 0 Å². The zero-order valence-electron chi connectivity index (χ0n) is 14.4. The van der Waals surface area contributed by atoms with Crippen molar-refractivity contribution < 1.29 is 13.2 Å². The van der Waals surface area contributed by atoms with Gasteiger partial charge in [-0.15, -0.1) is 11.3 Å². The molecule has 3 heterocycles. The number of amides is 1. The molecule has 0 atom stereocenters. The van der Waals surface area contributed by atoms with Crippen molar-refractivity contribution in [3.8, 4) is 0 Å². The Balaban J connectivity index is 1.34. The minimum Gasteiger partial charge on any atom is -0.361 e. The first-order valence-corrected chi connectivity index (χ1v) is 11.2. The Bertz CT molecular complexity index is 1140. The van der Waals surface area contributed by atoms with Crippen LogP contribution in [0.15, 0.2) is 30.5 Å². The van der Waals surface area contributed by atoms with Gasteiger partial charge in [0.15, 0.2) is 5.13 Å². The number of aromatic nitrogens is 2. The van der Waals surface area contributed by atoms with E-state index >= 15 is 0 Å². The summed E-state index contributed by atoms with van der Waals surface area (Å²) in [7, 11) is -3.18. The highest BCUT2D eigenvalue weighted by atomic mass is 32.2. The number of carbonyl (C=O) groups excluding carboxylic acids is 1. The van der Waals surface area contributed by atoms with Gasteiger partial charge in [0, 0.05) is 41.7 Å². The number of carbonyl (C=O) groups is 1. The Morgan fingerprint density at radius 2 is 2.15 bits per heavy atom. The van der Waals surface area contributed by atoms with E-state index in [1.54, 1.807) is 10.4 Å². The summed E-state index contributed by atoms with van der Waals surface area (Å²) in [4.78, 5) is 21.1. The van der Waals surface area contributed by atoms with Gasteiger partial charge < -0.3 is 4.98 Å². The molecule has 1 aromatic carbocycles. The second kappa shape index (κ2) is 6.15. The van der Waals surface area contributed by atoms with Crippen molar-refractivity contribution in [3.05, 3.63) is 46.6 Å². The van der Waals surface area contributed by atoms with Crippen LogP contribution in [0.5, 0.6) is 0 Å². The number of nitrogens with zero attached hydrogens (tertiary/aromatic N) is 2. The van der Waals surface area contributed by atoms with Crippen molar-refractivity contribution in [1.29, 1.82) is 0 Å². The van der Waals surface area contributed by atoms with Gasteiger partial charge in [-0.3, -0.25) is 10.1 Å². The van der Waals surface area contributed by atoms with Crippen molar-refractivity contribution in [2.75, 3.05) is 11.9 Å². The van der Waals surface area contributed by atoms with Gasteiger partial charge in [-0.1, -0.05) is 6.07 Å². The molecular weight excluding hydrogens is 384 g/mol. The Hall–Kier alpha value is -2.23. The first-order chi connectivity index (χ1) is 13.0. The van der Waals surface area contributed by atoms with Crippen LogP contribution in [-0.4, -0.2) is 40.4 Å². The van der Waals surface area contributed by atoms with Gasteiger partial charge in [-0.25, -0.2) is 13.4 Å². The normalized spacial score (nSPS) is 17.8. The number of rotatable bonds is 4. The second-order valence-corrected chi connectivity index (χ2v) is 10.2. The van der Waals surface area contributed by atoms with E-state index in [2.05, 4.69) is 15.3 Å². The quantitative estimate of drug-likeness (QED) is 0.701. The first-order valence-electron chi connectivity index (χ1n) is 8.87. The zero-order valence-corrected chi connectivity index (χ0v) is 16.1. The number of H-pyrrole nitrogens is 1. The summed E-state index contributed by atoms with van der Waals surface area (Å²) in [5.41, 5.74) is 2.34. The topological polar surface area (TPSA) is 95.2 Å². The summed E-state index contributed by atoms with van der Waals surface area (Å²) in [5, 5.41) is 4.21. The molecule has 0 spiro atoms. The summed E-state index contributed by atoms with van der Waals surface area (Å²) in [6.45, 7) is 0.822. The van der Waals surface area contributed by atoms with Gasteiger partial charge in [0.25, 0.3) is 5.91 Å². The number of sulfonamides is 1. The molecule has 0 bridgehead atoms. The largest absolute Gasteiger partial charge is 0.361 e. The molecule has 1 saturated carbocycles. The van der Waals surface area contributed by atoms with Gasteiger partial charge in [0.05, 0.1) is 10.9 Å². The average Bonchev–Trinajstić information content (AvgIpc) is 3.29. The molecule has 0 saturated heterocycles. The Labute approximate surface area is 160 Å². The van der Waals surface area contributed by atoms with E-state index in [1.165, 1.54) is 11.3 Å². The van der Waals surface area contributed by atoms with E-state index in [-0.39, 0.29) is 11.2 Å². The van der Waals surface area contributed by atoms with Crippen LogP contribution in [0.2, 0.25) is 0 Å². The number of benzene rings is 1. The molecule has 5 rings (SSSR count). The Kier molecular flexibility index (Phi) is 3.85. The first kappa shape index (κ1) is 16.9. The number of hydrogen-bond donors (Lipinski definition) is 2. The molecule has 1 aliphatic carbocycles. The predicted molar refractivity (Wildman–Crippen MR) is 104 cm³/mol. The molecule has 1 aliphatic heterocycles. The maximum Gasteiger partial charge on any atom is 0.257 e. The van der Waals surface area contributed by atoms with E-state index in [1.807, 2.05) is 24.4 Å². The van der Waals surface area contributed by atoms with Crippen LogP contribution in [0, 0.1) is 0 Å². The lowest BCUT2D eigenvalue weighted by Gasteiger charge is -2.25. The summed E-state index contributed by atoms with van der Waals surface area (Å²) in [6, 6.07) is 7.44. The fraction of sp³-hybridized carbons (Fsp3) is 0.333. The third kappa shape index (κ3) is 3.05. The maximum absolute atomic E-state index is 12.5. The minimum atomic E-state index is -3.18. The number of aromatic amines is 1. The predicted octanol–water partition coefficient (Wildman–Crippen LogP) is 2.73. The fourth-order valence-corrected chi connectivity index (χ4v) is 6.29. The maximum atomic E-state index is 12.5. The summed E-state index contributed by atoms with van der Waals surface area (Å²) >= 11 is 1.36. The van der Waals surface area contributed by atoms with Crippen molar-refractivity contribution >= 4 is 43.3 Å². The smallest absolute Gasteiger partial charge is 0.257 e. The number of thiazole rings is 1. The molecule has 9 heteroatoms. The molecule has 2 N–H and O–H groups in total. The van der Waals surface area contributed by atoms with Crippen molar-refractivity contribution in [1.82, 2.24) is 14.3 Å². The van der Waals surface area contributed by atoms with Crippen LogP contribution in [0.1, 0.15) is 33.8 Å². The van der Waals surface area contributed by atoms with Crippen LogP contribution < -0.4 is 5.32 Å².